The number of hydrogen-bond donors (Lipinski definition) is 3. The first-order valence-electron chi connectivity index (χ1n) is 5.01. The summed E-state index contributed by atoms with van der Waals surface area (Å²) in [5.74, 6) is 4.52. The minimum Gasteiger partial charge on any atom is -0.368 e. The highest BCUT2D eigenvalue weighted by molar-refractivity contribution is 6.30. The number of nitrogens with zero attached hydrogens (tertiary/aromatic N) is 2. The molecule has 0 spiro atoms. The molecule has 0 aliphatic heterocycles. The van der Waals surface area contributed by atoms with E-state index in [2.05, 4.69) is 9.97 Å². The number of rotatable bonds is 2. The van der Waals surface area contributed by atoms with Crippen LogP contribution in [0.4, 0.5) is 5.95 Å². The second kappa shape index (κ2) is 4.99. The van der Waals surface area contributed by atoms with Gasteiger partial charge in [0.2, 0.25) is 5.95 Å². The fraction of sp³-hybridized carbons (Fsp3) is 0. The van der Waals surface area contributed by atoms with Gasteiger partial charge in [-0.05, 0) is 18.2 Å². The smallest absolute Gasteiger partial charge is 0.283 e. The van der Waals surface area contributed by atoms with Crippen molar-refractivity contribution >= 4 is 23.5 Å². The van der Waals surface area contributed by atoms with Gasteiger partial charge in [0.25, 0.3) is 5.91 Å². The summed E-state index contributed by atoms with van der Waals surface area (Å²) in [6.45, 7) is 0. The lowest BCUT2D eigenvalue weighted by molar-refractivity contribution is 0.0948. The van der Waals surface area contributed by atoms with Crippen molar-refractivity contribution in [2.45, 2.75) is 0 Å². The van der Waals surface area contributed by atoms with Gasteiger partial charge in [-0.25, -0.2) is 15.8 Å². The molecule has 0 bridgehead atoms. The molecule has 2 rings (SSSR count). The number of carbonyl (C=O) groups is 1. The van der Waals surface area contributed by atoms with E-state index in [9.17, 15) is 4.79 Å². The lowest BCUT2D eigenvalue weighted by atomic mass is 10.1. The molecule has 1 aromatic carbocycles. The van der Waals surface area contributed by atoms with Crippen LogP contribution in [0.25, 0.3) is 11.3 Å². The van der Waals surface area contributed by atoms with Gasteiger partial charge in [0.05, 0.1) is 5.69 Å². The van der Waals surface area contributed by atoms with E-state index < -0.39 is 5.91 Å². The van der Waals surface area contributed by atoms with E-state index in [-0.39, 0.29) is 11.6 Å². The number of nitrogens with two attached hydrogens (primary N) is 2. The maximum Gasteiger partial charge on any atom is 0.283 e. The maximum absolute atomic E-state index is 11.4. The van der Waals surface area contributed by atoms with Crippen LogP contribution in [-0.2, 0) is 0 Å². The molecule has 6 nitrogen and oxygen atoms in total. The van der Waals surface area contributed by atoms with Crippen LogP contribution in [-0.4, -0.2) is 15.9 Å². The number of aromatic nitrogens is 2. The topological polar surface area (TPSA) is 107 Å². The van der Waals surface area contributed by atoms with Crippen LogP contribution in [0, 0.1) is 0 Å². The summed E-state index contributed by atoms with van der Waals surface area (Å²) in [5, 5.41) is 0.612. The number of amides is 1. The minimum atomic E-state index is -0.528. The van der Waals surface area contributed by atoms with Gasteiger partial charge in [0.15, 0.2) is 0 Å². The van der Waals surface area contributed by atoms with Crippen LogP contribution in [0.1, 0.15) is 10.5 Å². The van der Waals surface area contributed by atoms with Gasteiger partial charge in [0.1, 0.15) is 5.69 Å². The quantitative estimate of drug-likeness (QED) is 0.425. The Morgan fingerprint density at radius 1 is 1.22 bits per heavy atom. The van der Waals surface area contributed by atoms with Crippen molar-refractivity contribution in [3.05, 3.63) is 41.0 Å². The van der Waals surface area contributed by atoms with E-state index in [0.717, 1.165) is 5.56 Å². The van der Waals surface area contributed by atoms with Crippen molar-refractivity contribution in [2.24, 2.45) is 5.84 Å². The van der Waals surface area contributed by atoms with Crippen LogP contribution in [0.5, 0.6) is 0 Å². The second-order valence-electron chi connectivity index (χ2n) is 3.48. The summed E-state index contributed by atoms with van der Waals surface area (Å²) in [7, 11) is 0. The standard InChI is InChI=1S/C11H10ClN5O/c12-7-3-1-6(2-4-7)8-5-9(10(18)17-14)16-11(13)15-8/h1-5H,14H2,(H,17,18)(H2,13,15,16). The number of benzene rings is 1. The van der Waals surface area contributed by atoms with Crippen molar-refractivity contribution in [3.63, 3.8) is 0 Å². The molecule has 0 aliphatic rings. The second-order valence-corrected chi connectivity index (χ2v) is 3.91. The average Bonchev–Trinajstić information content (AvgIpc) is 2.38. The largest absolute Gasteiger partial charge is 0.368 e. The molecular weight excluding hydrogens is 254 g/mol. The van der Waals surface area contributed by atoms with Gasteiger partial charge in [-0.1, -0.05) is 23.7 Å². The molecule has 0 saturated carbocycles. The molecule has 0 fully saturated rings. The molecule has 18 heavy (non-hydrogen) atoms. The van der Waals surface area contributed by atoms with E-state index in [1.54, 1.807) is 24.3 Å². The highest BCUT2D eigenvalue weighted by atomic mass is 35.5. The molecule has 0 saturated heterocycles. The third kappa shape index (κ3) is 2.55. The van der Waals surface area contributed by atoms with E-state index in [1.807, 2.05) is 5.43 Å². The van der Waals surface area contributed by atoms with Crippen molar-refractivity contribution < 1.29 is 4.79 Å². The number of anilines is 1. The Morgan fingerprint density at radius 3 is 2.50 bits per heavy atom. The summed E-state index contributed by atoms with van der Waals surface area (Å²) in [4.78, 5) is 19.2. The average molecular weight is 264 g/mol. The summed E-state index contributed by atoms with van der Waals surface area (Å²) in [5.41, 5.74) is 8.95. The molecule has 7 heteroatoms. The minimum absolute atomic E-state index is 0.000972. The Hall–Kier alpha value is -2.18. The number of nitrogens with one attached hydrogen (secondary N) is 1. The zero-order valence-electron chi connectivity index (χ0n) is 9.22. The first-order chi connectivity index (χ1) is 8.60. The molecule has 0 aliphatic carbocycles. The van der Waals surface area contributed by atoms with Crippen LogP contribution >= 0.6 is 11.6 Å². The fourth-order valence-corrected chi connectivity index (χ4v) is 1.55. The lowest BCUT2D eigenvalue weighted by Gasteiger charge is -2.05. The summed E-state index contributed by atoms with van der Waals surface area (Å²) in [6.07, 6.45) is 0. The Bertz CT molecular complexity index is 584. The van der Waals surface area contributed by atoms with Gasteiger partial charge in [-0.2, -0.15) is 0 Å². The highest BCUT2D eigenvalue weighted by Gasteiger charge is 2.10. The molecule has 5 N–H and O–H groups in total. The molecule has 0 radical (unpaired) electrons. The van der Waals surface area contributed by atoms with E-state index in [0.29, 0.717) is 10.7 Å². The van der Waals surface area contributed by atoms with Crippen LogP contribution < -0.4 is 17.0 Å². The zero-order chi connectivity index (χ0) is 13.1. The van der Waals surface area contributed by atoms with Crippen molar-refractivity contribution in [1.82, 2.24) is 15.4 Å². The SMILES string of the molecule is NNC(=O)c1cc(-c2ccc(Cl)cc2)nc(N)n1. The number of hydrazine groups is 1. The first-order valence-corrected chi connectivity index (χ1v) is 5.39. The summed E-state index contributed by atoms with van der Waals surface area (Å²) >= 11 is 5.80. The Balaban J connectivity index is 2.48. The lowest BCUT2D eigenvalue weighted by Crippen LogP contribution is -2.31. The van der Waals surface area contributed by atoms with Gasteiger partial charge in [-0.3, -0.25) is 10.2 Å². The van der Waals surface area contributed by atoms with Gasteiger partial charge < -0.3 is 5.73 Å². The first kappa shape index (κ1) is 12.3. The predicted molar refractivity (Wildman–Crippen MR) is 68.5 cm³/mol. The van der Waals surface area contributed by atoms with Crippen molar-refractivity contribution in [2.75, 3.05) is 5.73 Å². The molecular formula is C11H10ClN5O. The van der Waals surface area contributed by atoms with E-state index >= 15 is 0 Å². The van der Waals surface area contributed by atoms with Gasteiger partial charge in [0, 0.05) is 10.6 Å². The number of nitrogen functional groups attached to an aromatic ring is 2. The number of carbonyl (C=O) groups excluding carboxylic acids is 1. The molecule has 0 unspecified atom stereocenters. The third-order valence-corrected chi connectivity index (χ3v) is 2.50. The Labute approximate surface area is 108 Å². The third-order valence-electron chi connectivity index (χ3n) is 2.25. The maximum atomic E-state index is 11.4. The van der Waals surface area contributed by atoms with E-state index in [4.69, 9.17) is 23.2 Å². The number of halogens is 1. The number of hydrogen-bond acceptors (Lipinski definition) is 5. The molecule has 92 valence electrons. The van der Waals surface area contributed by atoms with Gasteiger partial charge in [-0.15, -0.1) is 0 Å². The highest BCUT2D eigenvalue weighted by Crippen LogP contribution is 2.20. The molecule has 2 aromatic rings. The molecule has 1 aromatic heterocycles. The summed E-state index contributed by atoms with van der Waals surface area (Å²) in [6, 6.07) is 8.49. The van der Waals surface area contributed by atoms with Crippen molar-refractivity contribution in [3.8, 4) is 11.3 Å². The van der Waals surface area contributed by atoms with Crippen molar-refractivity contribution in [1.29, 1.82) is 0 Å². The van der Waals surface area contributed by atoms with Crippen LogP contribution in [0.2, 0.25) is 5.02 Å². The molecule has 0 atom stereocenters. The predicted octanol–water partition coefficient (Wildman–Crippen LogP) is 0.983. The molecule has 1 heterocycles. The fourth-order valence-electron chi connectivity index (χ4n) is 1.42. The van der Waals surface area contributed by atoms with Crippen LogP contribution in [0.3, 0.4) is 0 Å². The van der Waals surface area contributed by atoms with Crippen LogP contribution in [0.15, 0.2) is 30.3 Å². The Morgan fingerprint density at radius 2 is 1.89 bits per heavy atom. The monoisotopic (exact) mass is 263 g/mol. The normalized spacial score (nSPS) is 10.1. The van der Waals surface area contributed by atoms with Gasteiger partial charge >= 0.3 is 0 Å². The zero-order valence-corrected chi connectivity index (χ0v) is 9.98. The summed E-state index contributed by atoms with van der Waals surface area (Å²) < 4.78 is 0. The van der Waals surface area contributed by atoms with E-state index in [1.165, 1.54) is 6.07 Å². The Kier molecular flexibility index (Phi) is 3.40. The molecule has 1 amide bonds.